The van der Waals surface area contributed by atoms with Gasteiger partial charge in [0, 0.05) is 55.7 Å². The average Bonchev–Trinajstić information content (AvgIpc) is 3.15. The number of carbonyl (C=O) groups excluding carboxylic acids is 2. The third kappa shape index (κ3) is 9.83. The number of rotatable bonds is 14. The predicted molar refractivity (Wildman–Crippen MR) is 199 cm³/mol. The molecule has 4 aromatic rings. The number of aliphatic hydroxyl groups excluding tert-OH is 1. The molecular formula is C40H49N5O6. The number of H-pyrrole nitrogens is 1. The zero-order chi connectivity index (χ0) is 35.6. The molecule has 1 atom stereocenters. The molecule has 1 aromatic heterocycles. The van der Waals surface area contributed by atoms with Gasteiger partial charge in [0.1, 0.15) is 17.6 Å². The summed E-state index contributed by atoms with van der Waals surface area (Å²) in [4.78, 5) is 42.3. The molecule has 1 unspecified atom stereocenters. The van der Waals surface area contributed by atoms with E-state index in [1.54, 1.807) is 12.1 Å². The number of Topliss-reactive ketones (excluding diaryl/α,β-unsaturated/α-hetero) is 1. The van der Waals surface area contributed by atoms with Crippen LogP contribution in [0.3, 0.4) is 0 Å². The maximum absolute atomic E-state index is 12.9. The van der Waals surface area contributed by atoms with Crippen LogP contribution in [-0.4, -0.2) is 83.9 Å². The molecule has 11 heteroatoms. The number of amides is 1. The molecule has 0 bridgehead atoms. The molecule has 2 aliphatic rings. The number of aromatic nitrogens is 1. The van der Waals surface area contributed by atoms with Crippen molar-refractivity contribution in [3.05, 3.63) is 94.8 Å². The van der Waals surface area contributed by atoms with Gasteiger partial charge in [0.2, 0.25) is 5.56 Å². The van der Waals surface area contributed by atoms with Crippen LogP contribution in [0.4, 0.5) is 10.5 Å². The van der Waals surface area contributed by atoms with Gasteiger partial charge in [-0.25, -0.2) is 4.79 Å². The van der Waals surface area contributed by atoms with E-state index in [0.717, 1.165) is 88.1 Å². The molecule has 1 aliphatic heterocycles. The molecule has 1 aliphatic carbocycles. The molecule has 1 saturated carbocycles. The highest BCUT2D eigenvalue weighted by Gasteiger charge is 2.27. The van der Waals surface area contributed by atoms with Crippen LogP contribution in [-0.2, 0) is 9.53 Å². The van der Waals surface area contributed by atoms with E-state index in [9.17, 15) is 24.6 Å². The minimum Gasteiger partial charge on any atom is -0.506 e. The van der Waals surface area contributed by atoms with E-state index in [2.05, 4.69) is 25.8 Å². The first kappa shape index (κ1) is 36.2. The van der Waals surface area contributed by atoms with E-state index in [-0.39, 0.29) is 29.1 Å². The fraction of sp³-hybridized carbons (Fsp3) is 0.425. The quantitative estimate of drug-likeness (QED) is 0.0977. The van der Waals surface area contributed by atoms with Crippen molar-refractivity contribution in [3.8, 4) is 16.9 Å². The second-order valence-corrected chi connectivity index (χ2v) is 13.8. The number of fused-ring (bicyclic) bond motifs is 1. The lowest BCUT2D eigenvalue weighted by Gasteiger charge is -2.31. The first-order chi connectivity index (χ1) is 24.8. The average molecular weight is 696 g/mol. The van der Waals surface area contributed by atoms with Crippen molar-refractivity contribution in [2.75, 3.05) is 51.1 Å². The molecule has 6 rings (SSSR count). The fourth-order valence-electron chi connectivity index (χ4n) is 7.37. The summed E-state index contributed by atoms with van der Waals surface area (Å²) in [6, 6.07) is 23.9. The zero-order valence-corrected chi connectivity index (χ0v) is 29.0. The molecule has 1 saturated heterocycles. The number of carbonyl (C=O) groups is 2. The summed E-state index contributed by atoms with van der Waals surface area (Å²) in [6.07, 6.45) is 3.91. The fourth-order valence-corrected chi connectivity index (χ4v) is 7.37. The van der Waals surface area contributed by atoms with Crippen molar-refractivity contribution in [3.63, 3.8) is 0 Å². The van der Waals surface area contributed by atoms with Crippen molar-refractivity contribution in [2.24, 2.45) is 11.8 Å². The second-order valence-electron chi connectivity index (χ2n) is 13.8. The molecule has 0 radical (unpaired) electrons. The molecule has 270 valence electrons. The largest absolute Gasteiger partial charge is 0.506 e. The number of para-hydroxylation sites is 1. The van der Waals surface area contributed by atoms with Crippen LogP contribution in [0.15, 0.2) is 83.7 Å². The molecule has 2 fully saturated rings. The molecular weight excluding hydrogens is 646 g/mol. The van der Waals surface area contributed by atoms with Crippen LogP contribution in [0.1, 0.15) is 50.2 Å². The Balaban J connectivity index is 0.825. The minimum atomic E-state index is -0.789. The maximum atomic E-state index is 12.9. The number of ether oxygens (including phenoxy) is 1. The van der Waals surface area contributed by atoms with Gasteiger partial charge in [-0.3, -0.25) is 14.9 Å². The Labute approximate surface area is 298 Å². The van der Waals surface area contributed by atoms with Crippen molar-refractivity contribution >= 4 is 28.5 Å². The number of pyridine rings is 1. The number of aromatic hydroxyl groups is 1. The van der Waals surface area contributed by atoms with Crippen molar-refractivity contribution in [1.29, 1.82) is 0 Å². The van der Waals surface area contributed by atoms with Gasteiger partial charge < -0.3 is 35.5 Å². The lowest BCUT2D eigenvalue weighted by Crippen LogP contribution is -2.42. The third-order valence-electron chi connectivity index (χ3n) is 10.3. The van der Waals surface area contributed by atoms with Gasteiger partial charge >= 0.3 is 6.09 Å². The minimum absolute atomic E-state index is 0.0271. The van der Waals surface area contributed by atoms with Gasteiger partial charge in [0.25, 0.3) is 0 Å². The van der Waals surface area contributed by atoms with Crippen LogP contribution < -0.4 is 21.5 Å². The smallest absolute Gasteiger partial charge is 0.411 e. The number of hydrogen-bond acceptors (Lipinski definition) is 9. The first-order valence-electron chi connectivity index (χ1n) is 18.2. The Bertz CT molecular complexity index is 1820. The predicted octanol–water partition coefficient (Wildman–Crippen LogP) is 5.20. The Morgan fingerprint density at radius 2 is 1.63 bits per heavy atom. The first-order valence-corrected chi connectivity index (χ1v) is 18.2. The van der Waals surface area contributed by atoms with Crippen LogP contribution >= 0.6 is 0 Å². The number of nitrogens with one attached hydrogen (secondary N) is 4. The van der Waals surface area contributed by atoms with Gasteiger partial charge in [0.05, 0.1) is 23.9 Å². The lowest BCUT2D eigenvalue weighted by atomic mass is 9.80. The van der Waals surface area contributed by atoms with Crippen molar-refractivity contribution in [2.45, 2.75) is 50.7 Å². The number of phenolic OH excluding ortho intramolecular Hbond substituents is 1. The number of anilines is 1. The number of hydrogen-bond donors (Lipinski definition) is 6. The topological polar surface area (TPSA) is 156 Å². The van der Waals surface area contributed by atoms with E-state index in [4.69, 9.17) is 4.74 Å². The number of likely N-dealkylation sites (tertiary alicyclic amines) is 1. The summed E-state index contributed by atoms with van der Waals surface area (Å²) in [5, 5.41) is 31.2. The lowest BCUT2D eigenvalue weighted by molar-refractivity contribution is -0.123. The zero-order valence-electron chi connectivity index (χ0n) is 29.0. The number of piperidine rings is 1. The van der Waals surface area contributed by atoms with E-state index < -0.39 is 12.2 Å². The van der Waals surface area contributed by atoms with Crippen LogP contribution in [0, 0.1) is 11.8 Å². The maximum Gasteiger partial charge on any atom is 0.411 e. The molecule has 1 amide bonds. The van der Waals surface area contributed by atoms with Crippen molar-refractivity contribution in [1.82, 2.24) is 20.5 Å². The highest BCUT2D eigenvalue weighted by atomic mass is 16.6. The molecule has 0 spiro atoms. The summed E-state index contributed by atoms with van der Waals surface area (Å²) in [7, 11) is 0. The molecule has 51 heavy (non-hydrogen) atoms. The second kappa shape index (κ2) is 17.6. The summed E-state index contributed by atoms with van der Waals surface area (Å²) >= 11 is 0. The molecule has 3 aromatic carbocycles. The molecule has 6 N–H and O–H groups in total. The summed E-state index contributed by atoms with van der Waals surface area (Å²) in [5.41, 5.74) is 3.38. The van der Waals surface area contributed by atoms with Gasteiger partial charge in [-0.2, -0.15) is 0 Å². The summed E-state index contributed by atoms with van der Waals surface area (Å²) < 4.78 is 5.77. The number of phenols is 1. The number of aliphatic hydroxyl groups is 1. The SMILES string of the molecule is O=C(Nc1ccccc1-c1ccccc1)OC1CCN(CCNCC(=O)C2CCC(CNCC(O)c3ccc(O)c4[nH]c(=O)ccc34)CC2)CC1. The Hall–Kier alpha value is -4.55. The molecule has 2 heterocycles. The normalized spacial score (nSPS) is 19.1. The van der Waals surface area contributed by atoms with E-state index in [0.29, 0.717) is 35.5 Å². The Kier molecular flexibility index (Phi) is 12.5. The van der Waals surface area contributed by atoms with E-state index in [1.807, 2.05) is 54.6 Å². The summed E-state index contributed by atoms with van der Waals surface area (Å²) in [6.45, 7) is 4.77. The van der Waals surface area contributed by atoms with Gasteiger partial charge in [0.15, 0.2) is 0 Å². The van der Waals surface area contributed by atoms with Gasteiger partial charge in [-0.1, -0.05) is 54.6 Å². The highest BCUT2D eigenvalue weighted by Crippen LogP contribution is 2.31. The van der Waals surface area contributed by atoms with Gasteiger partial charge in [-0.15, -0.1) is 0 Å². The van der Waals surface area contributed by atoms with E-state index >= 15 is 0 Å². The van der Waals surface area contributed by atoms with Gasteiger partial charge in [-0.05, 0) is 80.3 Å². The van der Waals surface area contributed by atoms with Crippen LogP contribution in [0.5, 0.6) is 5.75 Å². The van der Waals surface area contributed by atoms with Crippen LogP contribution in [0.25, 0.3) is 22.0 Å². The Morgan fingerprint density at radius 1 is 0.882 bits per heavy atom. The number of nitrogens with zero attached hydrogens (tertiary/aromatic N) is 1. The molecule has 11 nitrogen and oxygen atoms in total. The highest BCUT2D eigenvalue weighted by molar-refractivity contribution is 5.91. The van der Waals surface area contributed by atoms with E-state index in [1.165, 1.54) is 12.1 Å². The van der Waals surface area contributed by atoms with Crippen molar-refractivity contribution < 1.29 is 24.5 Å². The van der Waals surface area contributed by atoms with Crippen LogP contribution in [0.2, 0.25) is 0 Å². The number of aromatic amines is 1. The Morgan fingerprint density at radius 3 is 2.41 bits per heavy atom. The monoisotopic (exact) mass is 695 g/mol. The standard InChI is InChI=1S/C40H49N5O6/c46-35-16-14-32(33-15-17-38(49)44-39(33)35)37(48)26-42-24-27-10-12-29(13-11-27)36(47)25-41-20-23-45-21-18-30(19-22-45)51-40(50)43-34-9-5-4-8-31(34)28-6-2-1-3-7-28/h1-9,14-17,27,29-30,37,41-42,46,48H,10-13,18-26H2,(H,43,50)(H,44,49). The third-order valence-corrected chi connectivity index (χ3v) is 10.3. The summed E-state index contributed by atoms with van der Waals surface area (Å²) in [5.74, 6) is 0.788. The number of benzene rings is 3. The number of ketones is 1.